The second-order valence-corrected chi connectivity index (χ2v) is 13.0. The fraction of sp³-hybridized carbons (Fsp3) is 0.286. The summed E-state index contributed by atoms with van der Waals surface area (Å²) < 4.78 is 54.6. The van der Waals surface area contributed by atoms with Crippen molar-refractivity contribution in [2.24, 2.45) is 5.73 Å². The topological polar surface area (TPSA) is 176 Å². The Bertz CT molecular complexity index is 2230. The monoisotopic (exact) mass is 772 g/mol. The van der Waals surface area contributed by atoms with Crippen LogP contribution in [0.5, 0.6) is 0 Å². The second-order valence-electron chi connectivity index (χ2n) is 13.0. The summed E-state index contributed by atoms with van der Waals surface area (Å²) in [6.45, 7) is 8.60. The molecule has 2 aromatic heterocycles. The fourth-order valence-electron chi connectivity index (χ4n) is 6.55. The van der Waals surface area contributed by atoms with Crippen molar-refractivity contribution in [3.63, 3.8) is 0 Å². The zero-order valence-electron chi connectivity index (χ0n) is 31.4. The van der Waals surface area contributed by atoms with Gasteiger partial charge < -0.3 is 40.0 Å². The molecule has 6 aromatic rings. The summed E-state index contributed by atoms with van der Waals surface area (Å²) >= 11 is 0. The lowest BCUT2D eigenvalue weighted by molar-refractivity contribution is 0.0341. The Balaban J connectivity index is 0.000000202. The molecule has 1 amide bonds. The number of ether oxygens (including phenoxy) is 3. The summed E-state index contributed by atoms with van der Waals surface area (Å²) in [5, 5.41) is 8.05. The van der Waals surface area contributed by atoms with Gasteiger partial charge in [-0.25, -0.2) is 13.6 Å². The molecule has 0 saturated carbocycles. The van der Waals surface area contributed by atoms with Gasteiger partial charge in [0, 0.05) is 68.3 Å². The lowest BCUT2D eigenvalue weighted by Gasteiger charge is -2.26. The predicted molar refractivity (Wildman–Crippen MR) is 208 cm³/mol. The summed E-state index contributed by atoms with van der Waals surface area (Å²) in [4.78, 5) is 28.1. The van der Waals surface area contributed by atoms with Crippen molar-refractivity contribution in [2.45, 2.75) is 13.1 Å². The number of primary amides is 1. The van der Waals surface area contributed by atoms with E-state index < -0.39 is 23.5 Å². The molecule has 2 aliphatic rings. The van der Waals surface area contributed by atoms with Crippen LogP contribution in [0.25, 0.3) is 44.6 Å². The number of amides is 1. The lowest BCUT2D eigenvalue weighted by atomic mass is 10.1. The van der Waals surface area contributed by atoms with E-state index in [-0.39, 0.29) is 17.3 Å². The number of esters is 1. The lowest BCUT2D eigenvalue weighted by Crippen LogP contribution is -2.35. The number of hydrogen-bond acceptors (Lipinski definition) is 11. The van der Waals surface area contributed by atoms with Crippen LogP contribution in [0, 0.1) is 11.6 Å². The van der Waals surface area contributed by atoms with Gasteiger partial charge in [0.05, 0.1) is 39.1 Å². The molecule has 0 atom stereocenters. The van der Waals surface area contributed by atoms with Gasteiger partial charge in [-0.1, -0.05) is 48.5 Å². The van der Waals surface area contributed by atoms with Crippen LogP contribution in [-0.4, -0.2) is 93.6 Å². The number of rotatable bonds is 8. The number of aliphatic hydroxyl groups excluding tert-OH is 1. The molecule has 2 aliphatic heterocycles. The van der Waals surface area contributed by atoms with E-state index in [0.29, 0.717) is 33.5 Å². The van der Waals surface area contributed by atoms with Crippen LogP contribution < -0.4 is 11.9 Å². The maximum atomic E-state index is 13.8. The van der Waals surface area contributed by atoms with E-state index in [9.17, 15) is 18.4 Å². The molecule has 296 valence electrons. The molecule has 14 heteroatoms. The van der Waals surface area contributed by atoms with Crippen LogP contribution >= 0.6 is 0 Å². The number of benzene rings is 4. The number of hydrogen-bond donors (Lipinski definition) is 3. The van der Waals surface area contributed by atoms with Crippen molar-refractivity contribution < 1.29 is 46.5 Å². The molecule has 4 aromatic carbocycles. The first-order valence-electron chi connectivity index (χ1n) is 17.8. The van der Waals surface area contributed by atoms with E-state index in [0.717, 1.165) is 96.1 Å². The molecule has 12 nitrogen and oxygen atoms in total. The zero-order chi connectivity index (χ0) is 38.9. The number of carbonyl (C=O) groups is 2. The second kappa shape index (κ2) is 19.4. The number of nitrogens with two attached hydrogens (primary N) is 1. The fourth-order valence-corrected chi connectivity index (χ4v) is 6.55. The maximum absolute atomic E-state index is 13.8. The van der Waals surface area contributed by atoms with E-state index >= 15 is 0 Å². The van der Waals surface area contributed by atoms with E-state index in [1.807, 2.05) is 36.4 Å². The summed E-state index contributed by atoms with van der Waals surface area (Å²) in [5.74, 6) is -1.20. The van der Waals surface area contributed by atoms with E-state index in [2.05, 4.69) is 21.9 Å². The third-order valence-corrected chi connectivity index (χ3v) is 9.33. The number of aliphatic hydroxyl groups is 1. The van der Waals surface area contributed by atoms with Crippen molar-refractivity contribution in [2.75, 3.05) is 66.8 Å². The molecule has 0 spiro atoms. The Kier molecular flexibility index (Phi) is 14.4. The number of methoxy groups -OCH3 is 1. The Morgan fingerprint density at radius 2 is 1.05 bits per heavy atom. The molecule has 56 heavy (non-hydrogen) atoms. The minimum Gasteiger partial charge on any atom is -0.465 e. The average Bonchev–Trinajstić information content (AvgIpc) is 3.84. The average molecular weight is 773 g/mol. The molecule has 0 unspecified atom stereocenters. The SMILES string of the molecule is CO.COC(=O)c1cc(F)cc2cc(-c3ccc(CN4CCOCC4)cc3)oc12.N.NC(=O)c1cc(F)cc2cc(-c3ccc(CN4CCOCC4)cc3)oc12. The molecular formula is C42H46F2N4O8. The Morgan fingerprint density at radius 3 is 1.45 bits per heavy atom. The molecule has 0 bridgehead atoms. The highest BCUT2D eigenvalue weighted by Crippen LogP contribution is 2.33. The first-order chi connectivity index (χ1) is 26.7. The van der Waals surface area contributed by atoms with Crippen LogP contribution in [0.4, 0.5) is 8.78 Å². The summed E-state index contributed by atoms with van der Waals surface area (Å²) in [6.07, 6.45) is 0. The van der Waals surface area contributed by atoms with Gasteiger partial charge in [-0.05, 0) is 47.5 Å². The molecule has 6 N–H and O–H groups in total. The third-order valence-electron chi connectivity index (χ3n) is 9.33. The van der Waals surface area contributed by atoms with Gasteiger partial charge in [-0.2, -0.15) is 0 Å². The van der Waals surface area contributed by atoms with E-state index in [1.165, 1.54) is 30.4 Å². The van der Waals surface area contributed by atoms with Gasteiger partial charge in [0.2, 0.25) is 0 Å². The summed E-state index contributed by atoms with van der Waals surface area (Å²) in [6, 6.07) is 24.5. The molecular weight excluding hydrogens is 726 g/mol. The normalized spacial score (nSPS) is 14.6. The molecule has 4 heterocycles. The van der Waals surface area contributed by atoms with Gasteiger partial charge in [-0.15, -0.1) is 0 Å². The first kappa shape index (κ1) is 41.7. The highest BCUT2D eigenvalue weighted by Gasteiger charge is 2.19. The van der Waals surface area contributed by atoms with E-state index in [1.54, 1.807) is 12.1 Å². The summed E-state index contributed by atoms with van der Waals surface area (Å²) in [5.41, 5.74) is 10.2. The molecule has 2 fully saturated rings. The molecule has 0 radical (unpaired) electrons. The Morgan fingerprint density at radius 1 is 0.661 bits per heavy atom. The van der Waals surface area contributed by atoms with Gasteiger partial charge in [0.1, 0.15) is 39.9 Å². The van der Waals surface area contributed by atoms with Crippen molar-refractivity contribution in [1.82, 2.24) is 16.0 Å². The number of fused-ring (bicyclic) bond motifs is 2. The number of carbonyl (C=O) groups excluding carboxylic acids is 2. The van der Waals surface area contributed by atoms with Gasteiger partial charge in [-0.3, -0.25) is 14.6 Å². The Hall–Kier alpha value is -5.48. The quantitative estimate of drug-likeness (QED) is 0.139. The molecule has 2 saturated heterocycles. The largest absolute Gasteiger partial charge is 0.465 e. The smallest absolute Gasteiger partial charge is 0.341 e. The number of halogens is 2. The van der Waals surface area contributed by atoms with Crippen molar-refractivity contribution in [3.05, 3.63) is 119 Å². The van der Waals surface area contributed by atoms with Gasteiger partial charge in [0.25, 0.3) is 5.91 Å². The van der Waals surface area contributed by atoms with E-state index in [4.69, 9.17) is 33.9 Å². The zero-order valence-corrected chi connectivity index (χ0v) is 31.4. The van der Waals surface area contributed by atoms with Crippen LogP contribution in [0.2, 0.25) is 0 Å². The van der Waals surface area contributed by atoms with Gasteiger partial charge >= 0.3 is 5.97 Å². The Labute approximate surface area is 322 Å². The highest BCUT2D eigenvalue weighted by molar-refractivity contribution is 6.05. The van der Waals surface area contributed by atoms with Crippen molar-refractivity contribution in [1.29, 1.82) is 0 Å². The van der Waals surface area contributed by atoms with Crippen molar-refractivity contribution >= 4 is 33.8 Å². The number of nitrogens with zero attached hydrogens (tertiary/aromatic N) is 2. The molecule has 8 rings (SSSR count). The first-order valence-corrected chi connectivity index (χ1v) is 17.8. The number of furan rings is 2. The van der Waals surface area contributed by atoms with Crippen molar-refractivity contribution in [3.8, 4) is 22.6 Å². The maximum Gasteiger partial charge on any atom is 0.341 e. The minimum absolute atomic E-state index is 0. The highest BCUT2D eigenvalue weighted by atomic mass is 19.1. The van der Waals surface area contributed by atoms with Crippen LogP contribution in [0.3, 0.4) is 0 Å². The predicted octanol–water partition coefficient (Wildman–Crippen LogP) is 6.80. The van der Waals surface area contributed by atoms with Crippen LogP contribution in [0.1, 0.15) is 31.8 Å². The van der Waals surface area contributed by atoms with Crippen LogP contribution in [-0.2, 0) is 27.3 Å². The van der Waals surface area contributed by atoms with Gasteiger partial charge in [0.15, 0.2) is 0 Å². The molecule has 0 aliphatic carbocycles. The minimum atomic E-state index is -0.712. The standard InChI is InChI=1S/C21H20FNO4.C20H19FN2O3.CH4O.H3N/c1-25-21(24)18-12-17(22)10-16-11-19(27-20(16)18)15-4-2-14(3-5-15)13-23-6-8-26-9-7-23;21-16-9-15-10-18(26-19(15)17(11-16)20(22)24)14-3-1-13(2-4-14)12-23-5-7-25-8-6-23;1-2;/h2-5,10-12H,6-9,13H2,1H3;1-4,9-11H,5-8,12H2,(H2,22,24);2H,1H3;1H3. The summed E-state index contributed by atoms with van der Waals surface area (Å²) in [7, 11) is 2.26. The van der Waals surface area contributed by atoms with Crippen LogP contribution in [0.15, 0.2) is 93.8 Å². The number of morpholine rings is 2. The third kappa shape index (κ3) is 10.0.